The third-order valence-corrected chi connectivity index (χ3v) is 11.2. The van der Waals surface area contributed by atoms with Crippen LogP contribution in [0.3, 0.4) is 0 Å². The number of unbranched alkanes of at least 4 members (excludes halogenated alkanes) is 2. The number of amides is 2. The van der Waals surface area contributed by atoms with Gasteiger partial charge in [-0.15, -0.1) is 11.8 Å². The summed E-state index contributed by atoms with van der Waals surface area (Å²) in [4.78, 5) is 55.4. The number of nitrogens with one attached hydrogen (secondary N) is 1. The number of aromatic nitrogens is 1. The van der Waals surface area contributed by atoms with Crippen LogP contribution in [0.1, 0.15) is 48.5 Å². The van der Waals surface area contributed by atoms with Gasteiger partial charge in [0.25, 0.3) is 0 Å². The van der Waals surface area contributed by atoms with Crippen LogP contribution in [0, 0.1) is 29.6 Å². The van der Waals surface area contributed by atoms with Crippen LogP contribution in [0.25, 0.3) is 0 Å². The second-order valence-corrected chi connectivity index (χ2v) is 12.7. The average molecular weight is 533 g/mol. The summed E-state index contributed by atoms with van der Waals surface area (Å²) in [7, 11) is 0. The van der Waals surface area contributed by atoms with Gasteiger partial charge in [0.1, 0.15) is 0 Å². The van der Waals surface area contributed by atoms with Crippen molar-refractivity contribution in [1.82, 2.24) is 9.88 Å². The zero-order valence-electron chi connectivity index (χ0n) is 18.8. The van der Waals surface area contributed by atoms with Crippen molar-refractivity contribution in [3.05, 3.63) is 49.4 Å². The van der Waals surface area contributed by atoms with Crippen molar-refractivity contribution in [3.63, 3.8) is 0 Å². The van der Waals surface area contributed by atoms with Crippen LogP contribution in [0.4, 0.5) is 0 Å². The third-order valence-electron chi connectivity index (χ3n) is 8.32. The molecule has 4 aliphatic rings. The maximum absolute atomic E-state index is 13.5. The Balaban J connectivity index is 1.28. The van der Waals surface area contributed by atoms with E-state index in [0.717, 1.165) is 21.9 Å². The van der Waals surface area contributed by atoms with Crippen molar-refractivity contribution in [2.24, 2.45) is 29.6 Å². The van der Waals surface area contributed by atoms with E-state index >= 15 is 0 Å². The number of hydrogen-bond acceptors (Lipinski definition) is 6. The van der Waals surface area contributed by atoms with E-state index < -0.39 is 5.97 Å². The molecule has 2 bridgehead atoms. The van der Waals surface area contributed by atoms with Gasteiger partial charge in [0.2, 0.25) is 11.8 Å². The van der Waals surface area contributed by atoms with E-state index in [-0.39, 0.29) is 63.9 Å². The quantitative estimate of drug-likeness (QED) is 0.408. The zero-order chi connectivity index (χ0) is 24.4. The van der Waals surface area contributed by atoms with Crippen LogP contribution in [-0.4, -0.2) is 44.6 Å². The molecule has 7 nitrogen and oxygen atoms in total. The van der Waals surface area contributed by atoms with Crippen LogP contribution in [0.15, 0.2) is 34.1 Å². The van der Waals surface area contributed by atoms with Gasteiger partial charge in [-0.25, -0.2) is 0 Å². The van der Waals surface area contributed by atoms with Crippen LogP contribution in [0.2, 0.25) is 5.02 Å². The fraction of sp³-hybridized carbons (Fsp3) is 0.520. The first-order valence-corrected chi connectivity index (χ1v) is 14.1. The number of fused-ring (bicyclic) bond motifs is 9. The summed E-state index contributed by atoms with van der Waals surface area (Å²) in [5.74, 6) is -1.12. The zero-order valence-corrected chi connectivity index (χ0v) is 21.2. The van der Waals surface area contributed by atoms with Gasteiger partial charge < -0.3 is 10.1 Å². The van der Waals surface area contributed by atoms with E-state index in [2.05, 4.69) is 4.98 Å². The molecule has 3 heterocycles. The standard InChI is InChI=1S/C25H25ClN2O5S2/c26-12-7-5-11(6-8-12)16-17-13-10-14(20(17)34-22-21(16)35-25(33)27-22)19-18(13)23(31)28(24(19)32)9-3-1-2-4-15(29)30/h5-8,13-14,16-20H,1-4,9-10H2,(H,27,33)(H,29,30)/t13-,14-,16+,17-,18+,19-,20-/m1/s1. The molecule has 7 atom stereocenters. The second kappa shape index (κ2) is 8.78. The molecule has 2 aliphatic heterocycles. The summed E-state index contributed by atoms with van der Waals surface area (Å²) in [5.41, 5.74) is 1.09. The van der Waals surface area contributed by atoms with Crippen molar-refractivity contribution in [2.45, 2.75) is 48.3 Å². The van der Waals surface area contributed by atoms with Crippen molar-refractivity contribution < 1.29 is 19.5 Å². The van der Waals surface area contributed by atoms with Gasteiger partial charge in [-0.05, 0) is 54.7 Å². The number of benzene rings is 1. The average Bonchev–Trinajstić information content (AvgIpc) is 3.54. The number of halogens is 1. The molecule has 35 heavy (non-hydrogen) atoms. The number of nitrogens with zero attached hydrogens (tertiary/aromatic N) is 1. The molecule has 1 aromatic carbocycles. The lowest BCUT2D eigenvalue weighted by Gasteiger charge is -2.43. The maximum Gasteiger partial charge on any atom is 0.305 e. The van der Waals surface area contributed by atoms with Crippen molar-refractivity contribution in [3.8, 4) is 0 Å². The number of aromatic amines is 1. The van der Waals surface area contributed by atoms with Crippen molar-refractivity contribution in [2.75, 3.05) is 6.54 Å². The Morgan fingerprint density at radius 1 is 1.06 bits per heavy atom. The maximum atomic E-state index is 13.5. The summed E-state index contributed by atoms with van der Waals surface area (Å²) >= 11 is 9.09. The van der Waals surface area contributed by atoms with E-state index in [0.29, 0.717) is 30.8 Å². The monoisotopic (exact) mass is 532 g/mol. The lowest BCUT2D eigenvalue weighted by molar-refractivity contribution is -0.141. The fourth-order valence-electron chi connectivity index (χ4n) is 7.07. The van der Waals surface area contributed by atoms with Crippen LogP contribution < -0.4 is 4.87 Å². The number of H-pyrrole nitrogens is 1. The molecule has 2 saturated carbocycles. The number of likely N-dealkylation sites (tertiary alicyclic amines) is 1. The summed E-state index contributed by atoms with van der Waals surface area (Å²) in [6.07, 6.45) is 2.83. The minimum Gasteiger partial charge on any atom is -0.481 e. The molecule has 0 spiro atoms. The molecule has 0 radical (unpaired) electrons. The fourth-order valence-corrected chi connectivity index (χ4v) is 10.1. The molecule has 0 unspecified atom stereocenters. The first kappa shape index (κ1) is 23.3. The molecule has 1 aromatic heterocycles. The molecular weight excluding hydrogens is 508 g/mol. The highest BCUT2D eigenvalue weighted by molar-refractivity contribution is 8.00. The molecule has 6 rings (SSSR count). The van der Waals surface area contributed by atoms with Gasteiger partial charge in [-0.2, -0.15) is 0 Å². The lowest BCUT2D eigenvalue weighted by Crippen LogP contribution is -2.42. The van der Waals surface area contributed by atoms with Crippen LogP contribution in [-0.2, 0) is 14.4 Å². The SMILES string of the molecule is O=C(O)CCCCCN1C(=O)[C@@H]2[C@H]3C[C@@H]([C@@H]2C1=O)[C@@H]1[C@H](c2ccc(Cl)cc2)c2sc(=O)[nH]c2S[C@H]31. The Hall–Kier alpha value is -2.10. The van der Waals surface area contributed by atoms with Gasteiger partial charge in [0, 0.05) is 34.0 Å². The highest BCUT2D eigenvalue weighted by Crippen LogP contribution is 2.68. The minimum absolute atomic E-state index is 0.00128. The summed E-state index contributed by atoms with van der Waals surface area (Å²) in [6.45, 7) is 0.369. The number of rotatable bonds is 7. The Bertz CT molecular complexity index is 1260. The van der Waals surface area contributed by atoms with E-state index in [1.165, 1.54) is 16.2 Å². The van der Waals surface area contributed by atoms with Gasteiger partial charge >= 0.3 is 10.8 Å². The van der Waals surface area contributed by atoms with Gasteiger partial charge in [-0.1, -0.05) is 41.5 Å². The predicted molar refractivity (Wildman–Crippen MR) is 133 cm³/mol. The summed E-state index contributed by atoms with van der Waals surface area (Å²) in [5, 5.41) is 10.5. The molecule has 184 valence electrons. The first-order valence-electron chi connectivity index (χ1n) is 12.1. The number of imide groups is 1. The Morgan fingerprint density at radius 2 is 1.77 bits per heavy atom. The number of hydrogen-bond donors (Lipinski definition) is 2. The smallest absolute Gasteiger partial charge is 0.305 e. The molecule has 2 aromatic rings. The summed E-state index contributed by atoms with van der Waals surface area (Å²) in [6, 6.07) is 7.77. The highest BCUT2D eigenvalue weighted by atomic mass is 35.5. The number of carboxylic acids is 1. The van der Waals surface area contributed by atoms with Crippen LogP contribution >= 0.6 is 34.7 Å². The second-order valence-electron chi connectivity index (χ2n) is 10.0. The topological polar surface area (TPSA) is 108 Å². The molecule has 2 aliphatic carbocycles. The number of aliphatic carboxylic acids is 1. The predicted octanol–water partition coefficient (Wildman–Crippen LogP) is 4.21. The van der Waals surface area contributed by atoms with Gasteiger partial charge in [0.05, 0.1) is 16.9 Å². The number of carboxylic acid groups (broad SMARTS) is 1. The summed E-state index contributed by atoms with van der Waals surface area (Å²) < 4.78 is 0. The van der Waals surface area contributed by atoms with E-state index in [4.69, 9.17) is 16.7 Å². The number of thiazole rings is 1. The third kappa shape index (κ3) is 3.69. The van der Waals surface area contributed by atoms with E-state index in [1.807, 2.05) is 24.3 Å². The molecule has 10 heteroatoms. The minimum atomic E-state index is -0.824. The largest absolute Gasteiger partial charge is 0.481 e. The number of carbonyl (C=O) groups is 3. The van der Waals surface area contributed by atoms with E-state index in [9.17, 15) is 19.2 Å². The van der Waals surface area contributed by atoms with Crippen molar-refractivity contribution >= 4 is 52.5 Å². The Kier molecular flexibility index (Phi) is 5.85. The van der Waals surface area contributed by atoms with Crippen LogP contribution in [0.5, 0.6) is 0 Å². The molecule has 2 amide bonds. The van der Waals surface area contributed by atoms with Gasteiger partial charge in [-0.3, -0.25) is 24.1 Å². The number of carbonyl (C=O) groups excluding carboxylic acids is 2. The first-order chi connectivity index (χ1) is 16.8. The number of thioether (sulfide) groups is 1. The molecular formula is C25H25ClN2O5S2. The van der Waals surface area contributed by atoms with Crippen molar-refractivity contribution in [1.29, 1.82) is 0 Å². The molecule has 1 saturated heterocycles. The normalized spacial score (nSPS) is 32.6. The Morgan fingerprint density at radius 3 is 2.49 bits per heavy atom. The van der Waals surface area contributed by atoms with Gasteiger partial charge in [0.15, 0.2) is 0 Å². The molecule has 3 fully saturated rings. The Labute approximate surface area is 215 Å². The van der Waals surface area contributed by atoms with E-state index in [1.54, 1.807) is 11.8 Å². The molecule has 2 N–H and O–H groups in total. The highest BCUT2D eigenvalue weighted by Gasteiger charge is 2.69. The lowest BCUT2D eigenvalue weighted by atomic mass is 9.68.